The Kier molecular flexibility index (Phi) is 5.06. The number of aromatic nitrogens is 1. The van der Waals surface area contributed by atoms with E-state index in [1.54, 1.807) is 25.3 Å². The van der Waals surface area contributed by atoms with Crippen molar-refractivity contribution in [3.63, 3.8) is 0 Å². The zero-order chi connectivity index (χ0) is 18.5. The number of non-ortho nitro benzene ring substituents is 1. The molecule has 7 heteroatoms. The maximum Gasteiger partial charge on any atom is 0.269 e. The number of rotatable bonds is 5. The molecule has 0 fully saturated rings. The van der Waals surface area contributed by atoms with Crippen LogP contribution in [0.5, 0.6) is 5.75 Å². The Morgan fingerprint density at radius 2 is 2.00 bits per heavy atom. The maximum atomic E-state index is 10.7. The first kappa shape index (κ1) is 17.3. The molecule has 0 aliphatic rings. The van der Waals surface area contributed by atoms with Gasteiger partial charge in [-0.2, -0.15) is 5.26 Å². The molecule has 3 aromatic rings. The maximum absolute atomic E-state index is 10.7. The Bertz CT molecular complexity index is 1020. The van der Waals surface area contributed by atoms with Gasteiger partial charge in [0, 0.05) is 28.6 Å². The van der Waals surface area contributed by atoms with Gasteiger partial charge >= 0.3 is 0 Å². The first-order valence-electron chi connectivity index (χ1n) is 7.58. The van der Waals surface area contributed by atoms with E-state index in [0.717, 1.165) is 11.1 Å². The summed E-state index contributed by atoms with van der Waals surface area (Å²) >= 11 is 1.34. The molecule has 0 saturated heterocycles. The highest BCUT2D eigenvalue weighted by molar-refractivity contribution is 7.11. The number of nitrogens with zero attached hydrogens (tertiary/aromatic N) is 3. The van der Waals surface area contributed by atoms with Crippen molar-refractivity contribution in [3.05, 3.63) is 74.6 Å². The highest BCUT2D eigenvalue weighted by Crippen LogP contribution is 2.29. The number of thiazole rings is 1. The first-order valence-corrected chi connectivity index (χ1v) is 8.46. The normalized spacial score (nSPS) is 11.0. The van der Waals surface area contributed by atoms with Gasteiger partial charge in [0.15, 0.2) is 0 Å². The van der Waals surface area contributed by atoms with Crippen molar-refractivity contribution in [2.75, 3.05) is 7.11 Å². The van der Waals surface area contributed by atoms with Crippen LogP contribution in [-0.2, 0) is 0 Å². The van der Waals surface area contributed by atoms with Crippen LogP contribution >= 0.6 is 11.3 Å². The molecule has 0 bridgehead atoms. The van der Waals surface area contributed by atoms with Crippen molar-refractivity contribution in [3.8, 4) is 23.1 Å². The molecule has 0 saturated carbocycles. The number of para-hydroxylation sites is 1. The van der Waals surface area contributed by atoms with Gasteiger partial charge in [0.2, 0.25) is 0 Å². The molecule has 0 amide bonds. The fraction of sp³-hybridized carbons (Fsp3) is 0.0526. The Balaban J connectivity index is 1.93. The third-order valence-electron chi connectivity index (χ3n) is 3.67. The van der Waals surface area contributed by atoms with E-state index < -0.39 is 4.92 Å². The first-order chi connectivity index (χ1) is 12.6. The highest BCUT2D eigenvalue weighted by Gasteiger charge is 2.12. The van der Waals surface area contributed by atoms with E-state index in [1.807, 2.05) is 29.6 Å². The van der Waals surface area contributed by atoms with Crippen molar-refractivity contribution in [1.82, 2.24) is 4.98 Å². The van der Waals surface area contributed by atoms with Crippen molar-refractivity contribution in [2.45, 2.75) is 0 Å². The van der Waals surface area contributed by atoms with Gasteiger partial charge in [-0.3, -0.25) is 10.1 Å². The van der Waals surface area contributed by atoms with Crippen molar-refractivity contribution in [2.24, 2.45) is 0 Å². The Hall–Kier alpha value is -3.50. The lowest BCUT2D eigenvalue weighted by Gasteiger charge is -2.04. The van der Waals surface area contributed by atoms with E-state index in [1.165, 1.54) is 23.5 Å². The van der Waals surface area contributed by atoms with E-state index in [9.17, 15) is 15.4 Å². The van der Waals surface area contributed by atoms with Crippen molar-refractivity contribution < 1.29 is 9.66 Å². The standard InChI is InChI=1S/C19H13N3O3S/c1-25-18-5-3-2-4-14(18)10-15(11-20)19-21-17(12-26-19)13-6-8-16(9-7-13)22(23)24/h2-10,12H,1H3/b15-10+. The van der Waals surface area contributed by atoms with Gasteiger partial charge < -0.3 is 4.74 Å². The quantitative estimate of drug-likeness (QED) is 0.369. The second kappa shape index (κ2) is 7.59. The fourth-order valence-corrected chi connectivity index (χ4v) is 3.16. The minimum atomic E-state index is -0.444. The van der Waals surface area contributed by atoms with Gasteiger partial charge in [-0.1, -0.05) is 18.2 Å². The van der Waals surface area contributed by atoms with E-state index in [4.69, 9.17) is 4.74 Å². The lowest BCUT2D eigenvalue weighted by Crippen LogP contribution is -1.88. The van der Waals surface area contributed by atoms with Crippen molar-refractivity contribution in [1.29, 1.82) is 5.26 Å². The molecule has 0 aliphatic carbocycles. The van der Waals surface area contributed by atoms with Gasteiger partial charge in [-0.25, -0.2) is 4.98 Å². The van der Waals surface area contributed by atoms with Gasteiger partial charge in [0.1, 0.15) is 16.8 Å². The predicted octanol–water partition coefficient (Wildman–Crippen LogP) is 4.79. The van der Waals surface area contributed by atoms with Gasteiger partial charge in [-0.05, 0) is 24.3 Å². The number of nitriles is 1. The second-order valence-corrected chi connectivity index (χ2v) is 6.11. The van der Waals surface area contributed by atoms with E-state index in [-0.39, 0.29) is 5.69 Å². The number of hydrogen-bond acceptors (Lipinski definition) is 6. The summed E-state index contributed by atoms with van der Waals surface area (Å²) in [7, 11) is 1.58. The van der Waals surface area contributed by atoms with Crippen LogP contribution in [0.2, 0.25) is 0 Å². The Labute approximate surface area is 153 Å². The molecule has 26 heavy (non-hydrogen) atoms. The third-order valence-corrected chi connectivity index (χ3v) is 4.54. The van der Waals surface area contributed by atoms with Crippen LogP contribution in [0.25, 0.3) is 22.9 Å². The molecule has 1 aromatic heterocycles. The minimum absolute atomic E-state index is 0.0259. The van der Waals surface area contributed by atoms with Crippen molar-refractivity contribution >= 4 is 28.7 Å². The number of nitro groups is 1. The minimum Gasteiger partial charge on any atom is -0.496 e. The molecule has 2 aromatic carbocycles. The van der Waals surface area contributed by atoms with E-state index in [2.05, 4.69) is 11.1 Å². The topological polar surface area (TPSA) is 89.0 Å². The molecular formula is C19H13N3O3S. The van der Waals surface area contributed by atoms with Gasteiger partial charge in [-0.15, -0.1) is 11.3 Å². The SMILES string of the molecule is COc1ccccc1/C=C(\C#N)c1nc(-c2ccc([N+](=O)[O-])cc2)cs1. The predicted molar refractivity (Wildman–Crippen MR) is 101 cm³/mol. The molecule has 0 atom stereocenters. The van der Waals surface area contributed by atoms with Crippen LogP contribution in [0.4, 0.5) is 5.69 Å². The number of ether oxygens (including phenoxy) is 1. The number of allylic oxidation sites excluding steroid dienone is 1. The zero-order valence-electron chi connectivity index (χ0n) is 13.7. The van der Waals surface area contributed by atoms with Crippen LogP contribution in [-0.4, -0.2) is 17.0 Å². The molecule has 0 radical (unpaired) electrons. The van der Waals surface area contributed by atoms with Crippen LogP contribution in [0.3, 0.4) is 0 Å². The van der Waals surface area contributed by atoms with E-state index >= 15 is 0 Å². The molecule has 3 rings (SSSR count). The third kappa shape index (κ3) is 3.61. The summed E-state index contributed by atoms with van der Waals surface area (Å²) in [5.74, 6) is 0.674. The molecule has 6 nitrogen and oxygen atoms in total. The summed E-state index contributed by atoms with van der Waals surface area (Å²) in [6, 6.07) is 15.7. The number of benzene rings is 2. The highest BCUT2D eigenvalue weighted by atomic mass is 32.1. The van der Waals surface area contributed by atoms with Crippen LogP contribution in [0, 0.1) is 21.4 Å². The van der Waals surface area contributed by atoms with E-state index in [0.29, 0.717) is 22.0 Å². The summed E-state index contributed by atoms with van der Waals surface area (Å²) < 4.78 is 5.31. The number of nitro benzene ring substituents is 1. The monoisotopic (exact) mass is 363 g/mol. The zero-order valence-corrected chi connectivity index (χ0v) is 14.6. The summed E-state index contributed by atoms with van der Waals surface area (Å²) in [4.78, 5) is 14.8. The molecular weight excluding hydrogens is 350 g/mol. The summed E-state index contributed by atoms with van der Waals surface area (Å²) in [5.41, 5.74) is 2.66. The lowest BCUT2D eigenvalue weighted by atomic mass is 10.1. The second-order valence-electron chi connectivity index (χ2n) is 5.25. The fourth-order valence-electron chi connectivity index (χ4n) is 2.37. The molecule has 0 unspecified atom stereocenters. The summed E-state index contributed by atoms with van der Waals surface area (Å²) in [6.45, 7) is 0. The average molecular weight is 363 g/mol. The van der Waals surface area contributed by atoms with Gasteiger partial charge in [0.25, 0.3) is 5.69 Å². The van der Waals surface area contributed by atoms with Gasteiger partial charge in [0.05, 0.1) is 23.3 Å². The Morgan fingerprint density at radius 1 is 1.27 bits per heavy atom. The molecule has 0 N–H and O–H groups in total. The smallest absolute Gasteiger partial charge is 0.269 e. The average Bonchev–Trinajstić information content (AvgIpc) is 3.16. The largest absolute Gasteiger partial charge is 0.496 e. The lowest BCUT2D eigenvalue weighted by molar-refractivity contribution is -0.384. The molecule has 128 valence electrons. The van der Waals surface area contributed by atoms with Crippen LogP contribution < -0.4 is 4.74 Å². The van der Waals surface area contributed by atoms with Crippen LogP contribution in [0.1, 0.15) is 10.6 Å². The summed E-state index contributed by atoms with van der Waals surface area (Å²) in [5, 5.41) is 22.7. The van der Waals surface area contributed by atoms with Crippen LogP contribution in [0.15, 0.2) is 53.9 Å². The molecule has 0 spiro atoms. The number of hydrogen-bond donors (Lipinski definition) is 0. The Morgan fingerprint density at radius 3 is 2.65 bits per heavy atom. The number of methoxy groups -OCH3 is 1. The molecule has 0 aliphatic heterocycles. The molecule has 1 heterocycles. The summed E-state index contributed by atoms with van der Waals surface area (Å²) in [6.07, 6.45) is 1.73.